The molecule has 0 radical (unpaired) electrons. The Morgan fingerprint density at radius 1 is 0.500 bits per heavy atom. The zero-order chi connectivity index (χ0) is 47.1. The summed E-state index contributed by atoms with van der Waals surface area (Å²) in [7, 11) is 1.48. The molecule has 0 amide bonds. The fourth-order valence-electron chi connectivity index (χ4n) is 7.30. The number of nitrogens with zero attached hydrogens (tertiary/aromatic N) is 1. The van der Waals surface area contributed by atoms with Gasteiger partial charge in [-0.1, -0.05) is 217 Å². The van der Waals surface area contributed by atoms with Gasteiger partial charge >= 0.3 is 19.8 Å². The van der Waals surface area contributed by atoms with Crippen LogP contribution in [0.25, 0.3) is 0 Å². The average molecular weight is 923 g/mol. The Hall–Kier alpha value is -2.03. The van der Waals surface area contributed by atoms with Gasteiger partial charge in [0.2, 0.25) is 0 Å². The maximum atomic E-state index is 12.7. The van der Waals surface area contributed by atoms with E-state index in [-0.39, 0.29) is 32.0 Å². The molecule has 0 bridgehead atoms. The minimum atomic E-state index is -4.36. The molecule has 0 saturated carbocycles. The van der Waals surface area contributed by atoms with Gasteiger partial charge in [-0.15, -0.1) is 0 Å². The molecule has 0 heterocycles. The number of phosphoric ester groups is 1. The Kier molecular flexibility index (Phi) is 44.6. The van der Waals surface area contributed by atoms with Crippen LogP contribution < -0.4 is 0 Å². The van der Waals surface area contributed by atoms with E-state index in [0.29, 0.717) is 17.4 Å². The molecule has 1 N–H and O–H groups in total. The molecule has 0 aromatic carbocycles. The molecule has 374 valence electrons. The van der Waals surface area contributed by atoms with Crippen molar-refractivity contribution in [3.63, 3.8) is 0 Å². The van der Waals surface area contributed by atoms with Crippen LogP contribution in [0.15, 0.2) is 48.6 Å². The van der Waals surface area contributed by atoms with Crippen molar-refractivity contribution in [1.29, 1.82) is 0 Å². The van der Waals surface area contributed by atoms with Crippen molar-refractivity contribution in [3.8, 4) is 0 Å². The van der Waals surface area contributed by atoms with Crippen molar-refractivity contribution in [2.75, 3.05) is 47.5 Å². The number of allylic oxidation sites excluding steroid dienone is 8. The highest BCUT2D eigenvalue weighted by molar-refractivity contribution is 7.47. The molecule has 0 aliphatic heterocycles. The summed E-state index contributed by atoms with van der Waals surface area (Å²) in [6, 6.07) is 0. The normalized spacial score (nSPS) is 13.8. The van der Waals surface area contributed by atoms with Gasteiger partial charge in [0, 0.05) is 12.8 Å². The van der Waals surface area contributed by atoms with Crippen LogP contribution in [0.4, 0.5) is 0 Å². The average Bonchev–Trinajstić information content (AvgIpc) is 3.25. The van der Waals surface area contributed by atoms with Gasteiger partial charge in [-0.3, -0.25) is 18.6 Å². The van der Waals surface area contributed by atoms with E-state index in [2.05, 4.69) is 62.5 Å². The van der Waals surface area contributed by atoms with Crippen molar-refractivity contribution < 1.29 is 42.1 Å². The highest BCUT2D eigenvalue weighted by atomic mass is 31.2. The number of hydrogen-bond acceptors (Lipinski definition) is 7. The van der Waals surface area contributed by atoms with Gasteiger partial charge in [0.05, 0.1) is 27.7 Å². The number of rotatable bonds is 48. The smallest absolute Gasteiger partial charge is 0.462 e. The van der Waals surface area contributed by atoms with Crippen LogP contribution >= 0.6 is 7.82 Å². The lowest BCUT2D eigenvalue weighted by molar-refractivity contribution is -0.870. The van der Waals surface area contributed by atoms with Crippen molar-refractivity contribution in [1.82, 2.24) is 0 Å². The second-order valence-electron chi connectivity index (χ2n) is 18.9. The Balaban J connectivity index is 3.80. The third kappa shape index (κ3) is 49.4. The van der Waals surface area contributed by atoms with Crippen molar-refractivity contribution in [2.45, 2.75) is 238 Å². The standard InChI is InChI=1S/C54H100NO8P/c1-6-8-10-12-13-14-15-16-17-18-19-20-21-22-23-24-25-26-27-28-29-30-31-32-33-34-35-36-37-38-39-40-41-43-45-47-54(57)63-52(50-60-53(56)46-44-42-11-9-7-2)51-62-64(58,59)61-49-48-55(3,4)5/h8,10,13-14,16-17,19-20,52H,6-7,9,11-12,15,18,21-51H2,1-5H3/p+1/b10-8-,14-13-,17-16-,20-19-. The van der Waals surface area contributed by atoms with E-state index in [1.54, 1.807) is 0 Å². The predicted molar refractivity (Wildman–Crippen MR) is 270 cm³/mol. The SMILES string of the molecule is CC/C=C\C/C=C\C/C=C\C/C=C\CCCCCCCCCCCCCCCCCCCCCCCCC(=O)OC(COC(=O)CCCCCCC)COP(=O)(O)OCC[N+](C)(C)C. The molecule has 0 aromatic rings. The molecule has 2 unspecified atom stereocenters. The van der Waals surface area contributed by atoms with Crippen LogP contribution in [0, 0.1) is 0 Å². The Morgan fingerprint density at radius 3 is 1.33 bits per heavy atom. The number of quaternary nitrogens is 1. The lowest BCUT2D eigenvalue weighted by atomic mass is 10.0. The number of likely N-dealkylation sites (N-methyl/N-ethyl adjacent to an activating group) is 1. The maximum Gasteiger partial charge on any atom is 0.472 e. The molecule has 0 aliphatic rings. The van der Waals surface area contributed by atoms with Gasteiger partial charge in [0.25, 0.3) is 0 Å². The number of ether oxygens (including phenoxy) is 2. The molecule has 10 heteroatoms. The summed E-state index contributed by atoms with van der Waals surface area (Å²) in [6.07, 6.45) is 56.8. The van der Waals surface area contributed by atoms with E-state index in [0.717, 1.165) is 70.6 Å². The molecule has 0 rings (SSSR count). The molecule has 0 spiro atoms. The Morgan fingerprint density at radius 2 is 0.891 bits per heavy atom. The zero-order valence-electron chi connectivity index (χ0n) is 42.3. The van der Waals surface area contributed by atoms with Gasteiger partial charge in [-0.2, -0.15) is 0 Å². The third-order valence-electron chi connectivity index (χ3n) is 11.4. The number of carbonyl (C=O) groups excluding carboxylic acids is 2. The van der Waals surface area contributed by atoms with Gasteiger partial charge in [0.15, 0.2) is 6.10 Å². The topological polar surface area (TPSA) is 108 Å². The predicted octanol–water partition coefficient (Wildman–Crippen LogP) is 15.8. The quantitative estimate of drug-likeness (QED) is 0.0211. The molecule has 2 atom stereocenters. The molecule has 0 aliphatic carbocycles. The summed E-state index contributed by atoms with van der Waals surface area (Å²) in [5.41, 5.74) is 0. The lowest BCUT2D eigenvalue weighted by Crippen LogP contribution is -2.37. The van der Waals surface area contributed by atoms with Crippen LogP contribution in [0.3, 0.4) is 0 Å². The summed E-state index contributed by atoms with van der Waals surface area (Å²) in [4.78, 5) is 35.1. The molecule has 9 nitrogen and oxygen atoms in total. The highest BCUT2D eigenvalue weighted by Gasteiger charge is 2.27. The first-order valence-electron chi connectivity index (χ1n) is 26.4. The highest BCUT2D eigenvalue weighted by Crippen LogP contribution is 2.43. The molecule has 0 fully saturated rings. The van der Waals surface area contributed by atoms with E-state index >= 15 is 0 Å². The number of esters is 2. The monoisotopic (exact) mass is 923 g/mol. The van der Waals surface area contributed by atoms with Crippen molar-refractivity contribution in [3.05, 3.63) is 48.6 Å². The molecule has 0 saturated heterocycles. The Bertz CT molecular complexity index is 1230. The zero-order valence-corrected chi connectivity index (χ0v) is 43.2. The van der Waals surface area contributed by atoms with E-state index < -0.39 is 26.5 Å². The fourth-order valence-corrected chi connectivity index (χ4v) is 8.04. The first-order chi connectivity index (χ1) is 31.0. The lowest BCUT2D eigenvalue weighted by Gasteiger charge is -2.24. The van der Waals surface area contributed by atoms with Crippen LogP contribution in [-0.2, 0) is 32.7 Å². The number of carbonyl (C=O) groups is 2. The van der Waals surface area contributed by atoms with E-state index in [4.69, 9.17) is 18.5 Å². The maximum absolute atomic E-state index is 12.7. The summed E-state index contributed by atoms with van der Waals surface area (Å²) in [5.74, 6) is -0.804. The largest absolute Gasteiger partial charge is 0.472 e. The van der Waals surface area contributed by atoms with Crippen molar-refractivity contribution >= 4 is 19.8 Å². The summed E-state index contributed by atoms with van der Waals surface area (Å²) >= 11 is 0. The van der Waals surface area contributed by atoms with E-state index in [9.17, 15) is 19.0 Å². The van der Waals surface area contributed by atoms with E-state index in [1.165, 1.54) is 128 Å². The minimum absolute atomic E-state index is 0.0334. The summed E-state index contributed by atoms with van der Waals surface area (Å²) < 4.78 is 34.2. The third-order valence-corrected chi connectivity index (χ3v) is 12.4. The van der Waals surface area contributed by atoms with Gasteiger partial charge in [0.1, 0.15) is 19.8 Å². The molecular formula is C54H101NO8P+. The number of hydrogen-bond donors (Lipinski definition) is 1. The Labute approximate surface area is 394 Å². The minimum Gasteiger partial charge on any atom is -0.462 e. The molecular weight excluding hydrogens is 822 g/mol. The summed E-state index contributed by atoms with van der Waals surface area (Å²) in [5, 5.41) is 0. The molecule has 64 heavy (non-hydrogen) atoms. The fraction of sp³-hybridized carbons (Fsp3) is 0.815. The molecule has 0 aromatic heterocycles. The van der Waals surface area contributed by atoms with Gasteiger partial charge in [-0.25, -0.2) is 4.57 Å². The first kappa shape index (κ1) is 62.0. The van der Waals surface area contributed by atoms with Gasteiger partial charge in [-0.05, 0) is 51.4 Å². The van der Waals surface area contributed by atoms with Crippen LogP contribution in [0.2, 0.25) is 0 Å². The van der Waals surface area contributed by atoms with Crippen LogP contribution in [0.5, 0.6) is 0 Å². The van der Waals surface area contributed by atoms with Crippen LogP contribution in [0.1, 0.15) is 232 Å². The first-order valence-corrected chi connectivity index (χ1v) is 27.9. The van der Waals surface area contributed by atoms with Crippen molar-refractivity contribution in [2.24, 2.45) is 0 Å². The van der Waals surface area contributed by atoms with Gasteiger partial charge < -0.3 is 18.9 Å². The second-order valence-corrected chi connectivity index (χ2v) is 20.3. The second kappa shape index (κ2) is 46.1. The van der Waals surface area contributed by atoms with Crippen LogP contribution in [-0.4, -0.2) is 74.9 Å². The number of unbranched alkanes of at least 4 members (excludes halogenated alkanes) is 26. The summed E-state index contributed by atoms with van der Waals surface area (Å²) in [6.45, 7) is 4.23. The van der Waals surface area contributed by atoms with E-state index in [1.807, 2.05) is 21.1 Å². The number of phosphoric acid groups is 1.